The third-order valence-corrected chi connectivity index (χ3v) is 3.41. The van der Waals surface area contributed by atoms with E-state index >= 15 is 0 Å². The zero-order chi connectivity index (χ0) is 8.74. The first kappa shape index (κ1) is 11.3. The van der Waals surface area contributed by atoms with Gasteiger partial charge in [-0.3, -0.25) is 0 Å². The molecule has 0 amide bonds. The fraction of sp³-hybridized carbons (Fsp3) is 1.00. The summed E-state index contributed by atoms with van der Waals surface area (Å²) in [6, 6.07) is 0.889. The van der Waals surface area contributed by atoms with Crippen molar-refractivity contribution in [3.8, 4) is 0 Å². The van der Waals surface area contributed by atoms with Crippen molar-refractivity contribution in [2.75, 3.05) is 13.2 Å². The minimum atomic E-state index is -1.38. The predicted octanol–water partition coefficient (Wildman–Crippen LogP) is -2.50. The molecule has 0 rings (SSSR count). The van der Waals surface area contributed by atoms with Gasteiger partial charge in [-0.15, -0.1) is 0 Å². The fourth-order valence-corrected chi connectivity index (χ4v) is 1.96. The maximum Gasteiger partial charge on any atom is 0.186 e. The Kier molecular flexibility index (Phi) is 6.01. The average molecular weight is 196 g/mol. The molecule has 0 aliphatic rings. The number of rotatable bonds is 6. The van der Waals surface area contributed by atoms with Gasteiger partial charge in [0.05, 0.1) is 6.61 Å². The summed E-state index contributed by atoms with van der Waals surface area (Å²) >= 11 is 0. The molecule has 2 N–H and O–H groups in total. The molecule has 0 heterocycles. The fourth-order valence-electron chi connectivity index (χ4n) is 0.541. The summed E-state index contributed by atoms with van der Waals surface area (Å²) in [4.78, 5) is 0. The highest BCUT2D eigenvalue weighted by molar-refractivity contribution is 6.34. The van der Waals surface area contributed by atoms with E-state index < -0.39 is 15.6 Å². The molecule has 0 saturated heterocycles. The lowest BCUT2D eigenvalue weighted by molar-refractivity contribution is -0.208. The smallest absolute Gasteiger partial charge is 0.186 e. The van der Waals surface area contributed by atoms with Gasteiger partial charge in [0, 0.05) is 6.61 Å². The summed E-state index contributed by atoms with van der Waals surface area (Å²) in [7, 11) is 0.379. The molecule has 0 aliphatic carbocycles. The molecule has 0 aromatic carbocycles. The summed E-state index contributed by atoms with van der Waals surface area (Å²) in [6.45, 7) is 1.55. The Morgan fingerprint density at radius 3 is 2.73 bits per heavy atom. The molecule has 11 heavy (non-hydrogen) atoms. The van der Waals surface area contributed by atoms with Gasteiger partial charge < -0.3 is 19.1 Å². The summed E-state index contributed by atoms with van der Waals surface area (Å²) in [5.41, 5.74) is 0. The summed E-state index contributed by atoms with van der Waals surface area (Å²) < 4.78 is 10.0. The number of hydrogen-bond donors (Lipinski definition) is 2. The Bertz CT molecular complexity index is 98.5. The number of aliphatic hydroxyl groups is 2. The van der Waals surface area contributed by atoms with Crippen molar-refractivity contribution < 1.29 is 19.1 Å². The second kappa shape index (κ2) is 5.87. The average Bonchev–Trinajstić information content (AvgIpc) is 1.99. The molecule has 0 spiro atoms. The van der Waals surface area contributed by atoms with E-state index in [1.54, 1.807) is 0 Å². The van der Waals surface area contributed by atoms with E-state index in [1.807, 2.05) is 0 Å². The summed E-state index contributed by atoms with van der Waals surface area (Å²) in [6.07, 6.45) is 0. The third-order valence-electron chi connectivity index (χ3n) is 1.20. The largest absolute Gasteiger partial charge is 0.468 e. The Hall–Kier alpha value is 0.274. The molecule has 0 saturated carbocycles. The maximum absolute atomic E-state index is 9.13. The van der Waals surface area contributed by atoms with Gasteiger partial charge >= 0.3 is 0 Å². The highest BCUT2D eigenvalue weighted by atomic mass is 28.3. The van der Waals surface area contributed by atoms with Crippen LogP contribution in [0.25, 0.3) is 0 Å². The van der Waals surface area contributed by atoms with Gasteiger partial charge in [-0.25, -0.2) is 0 Å². The van der Waals surface area contributed by atoms with Gasteiger partial charge in [0.25, 0.3) is 0 Å². The van der Waals surface area contributed by atoms with E-state index in [0.717, 1.165) is 16.5 Å². The Morgan fingerprint density at radius 2 is 2.27 bits per heavy atom. The van der Waals surface area contributed by atoms with Gasteiger partial charge in [-0.05, 0) is 13.0 Å². The van der Waals surface area contributed by atoms with Crippen molar-refractivity contribution in [1.82, 2.24) is 0 Å². The van der Waals surface area contributed by atoms with Crippen molar-refractivity contribution in [1.29, 1.82) is 0 Å². The van der Waals surface area contributed by atoms with Crippen LogP contribution in [0.4, 0.5) is 0 Å². The van der Waals surface area contributed by atoms with Crippen LogP contribution >= 0.6 is 0 Å². The third kappa shape index (κ3) is 6.66. The van der Waals surface area contributed by atoms with Gasteiger partial charge in [0.2, 0.25) is 0 Å². The van der Waals surface area contributed by atoms with Crippen LogP contribution in [-0.4, -0.2) is 49.5 Å². The van der Waals surface area contributed by atoms with Crippen molar-refractivity contribution in [3.05, 3.63) is 0 Å². The molecular weight excluding hydrogens is 180 g/mol. The molecule has 1 unspecified atom stereocenters. The zero-order valence-electron chi connectivity index (χ0n) is 7.04. The van der Waals surface area contributed by atoms with Crippen LogP contribution in [0.3, 0.4) is 0 Å². The van der Waals surface area contributed by atoms with Gasteiger partial charge in [-0.1, -0.05) is 0 Å². The van der Waals surface area contributed by atoms with E-state index in [2.05, 4.69) is 0 Å². The van der Waals surface area contributed by atoms with Crippen LogP contribution in [0.15, 0.2) is 0 Å². The standard InChI is InChI=1S/C5H16O4Si2/c1-5(7,4-6)8-2-3-11-9-10/h6-7H,2-4,11H2,1,10H3. The monoisotopic (exact) mass is 196 g/mol. The molecule has 0 radical (unpaired) electrons. The van der Waals surface area contributed by atoms with E-state index in [-0.39, 0.29) is 6.61 Å². The Labute approximate surface area is 72.0 Å². The quantitative estimate of drug-likeness (QED) is 0.280. The first-order valence-electron chi connectivity index (χ1n) is 3.58. The number of ether oxygens (including phenoxy) is 1. The molecular formula is C5H16O4Si2. The van der Waals surface area contributed by atoms with Crippen molar-refractivity contribution in [2.24, 2.45) is 0 Å². The second-order valence-corrected chi connectivity index (χ2v) is 5.95. The minimum Gasteiger partial charge on any atom is -0.468 e. The lowest BCUT2D eigenvalue weighted by atomic mass is 10.3. The van der Waals surface area contributed by atoms with Crippen LogP contribution in [0.1, 0.15) is 6.92 Å². The highest BCUT2D eigenvalue weighted by Crippen LogP contribution is 2.03. The molecule has 6 heteroatoms. The van der Waals surface area contributed by atoms with Crippen LogP contribution in [0.2, 0.25) is 6.04 Å². The van der Waals surface area contributed by atoms with E-state index in [4.69, 9.17) is 19.1 Å². The SMILES string of the molecule is CC(O)(CO)OCC[SiH2]O[SiH3]. The lowest BCUT2D eigenvalue weighted by Gasteiger charge is -2.20. The second-order valence-electron chi connectivity index (χ2n) is 2.53. The van der Waals surface area contributed by atoms with Crippen molar-refractivity contribution in [3.63, 3.8) is 0 Å². The topological polar surface area (TPSA) is 58.9 Å². The highest BCUT2D eigenvalue weighted by Gasteiger charge is 2.18. The van der Waals surface area contributed by atoms with Crippen LogP contribution in [0, 0.1) is 0 Å². The molecule has 0 aromatic heterocycles. The van der Waals surface area contributed by atoms with E-state index in [9.17, 15) is 0 Å². The Balaban J connectivity index is 3.23. The molecule has 0 bridgehead atoms. The van der Waals surface area contributed by atoms with Crippen molar-refractivity contribution >= 4 is 20.2 Å². The molecule has 68 valence electrons. The zero-order valence-corrected chi connectivity index (χ0v) is 10.5. The molecule has 0 aromatic rings. The van der Waals surface area contributed by atoms with Crippen LogP contribution < -0.4 is 0 Å². The number of hydrogen-bond acceptors (Lipinski definition) is 4. The molecule has 1 atom stereocenters. The van der Waals surface area contributed by atoms with Crippen LogP contribution in [-0.2, 0) is 8.85 Å². The van der Waals surface area contributed by atoms with E-state index in [0.29, 0.717) is 6.61 Å². The first-order valence-corrected chi connectivity index (χ1v) is 5.98. The number of aliphatic hydroxyl groups excluding tert-OH is 1. The van der Waals surface area contributed by atoms with Crippen LogP contribution in [0.5, 0.6) is 0 Å². The van der Waals surface area contributed by atoms with Crippen molar-refractivity contribution in [2.45, 2.75) is 18.8 Å². The maximum atomic E-state index is 9.13. The minimum absolute atomic E-state index is 0.365. The van der Waals surface area contributed by atoms with Gasteiger partial charge in [-0.2, -0.15) is 0 Å². The molecule has 0 aliphatic heterocycles. The first-order chi connectivity index (χ1) is 5.12. The normalized spacial score (nSPS) is 17.7. The predicted molar refractivity (Wildman–Crippen MR) is 48.0 cm³/mol. The van der Waals surface area contributed by atoms with Gasteiger partial charge in [0.1, 0.15) is 20.2 Å². The lowest BCUT2D eigenvalue weighted by Crippen LogP contribution is -2.33. The summed E-state index contributed by atoms with van der Waals surface area (Å²) in [5.74, 6) is -1.38. The Morgan fingerprint density at radius 1 is 1.64 bits per heavy atom. The molecule has 4 nitrogen and oxygen atoms in total. The summed E-state index contributed by atoms with van der Waals surface area (Å²) in [5, 5.41) is 17.7. The molecule has 0 fully saturated rings. The van der Waals surface area contributed by atoms with E-state index in [1.165, 1.54) is 6.92 Å². The van der Waals surface area contributed by atoms with Gasteiger partial charge in [0.15, 0.2) is 5.79 Å².